The van der Waals surface area contributed by atoms with Crippen LogP contribution in [0.5, 0.6) is 0 Å². The van der Waals surface area contributed by atoms with Gasteiger partial charge in [-0.05, 0) is 35.7 Å². The minimum Gasteiger partial charge on any atom is -0.362 e. The minimum absolute atomic E-state index is 0.531. The highest BCUT2D eigenvalue weighted by atomic mass is 32.1. The number of piperazine rings is 1. The summed E-state index contributed by atoms with van der Waals surface area (Å²) in [6.45, 7) is 3.43. The van der Waals surface area contributed by atoms with E-state index in [1.807, 2.05) is 11.3 Å². The summed E-state index contributed by atoms with van der Waals surface area (Å²) in [6.07, 6.45) is 1.10. The number of likely N-dealkylation sites (N-methyl/N-ethyl adjacent to an activating group) is 1. The Morgan fingerprint density at radius 2 is 2.05 bits per heavy atom. The van der Waals surface area contributed by atoms with Gasteiger partial charge in [-0.25, -0.2) is 0 Å². The van der Waals surface area contributed by atoms with Crippen molar-refractivity contribution in [3.8, 4) is 0 Å². The average Bonchev–Trinajstić information content (AvgIpc) is 2.83. The van der Waals surface area contributed by atoms with Gasteiger partial charge in [-0.2, -0.15) is 0 Å². The van der Waals surface area contributed by atoms with Crippen molar-refractivity contribution in [2.45, 2.75) is 12.5 Å². The SMILES string of the molecule is CN1CCN2c3ccccc3Cc3sccc3[C@@H]2C1. The number of nitrogens with zero attached hydrogens (tertiary/aromatic N) is 2. The van der Waals surface area contributed by atoms with Crippen LogP contribution in [0.15, 0.2) is 35.7 Å². The molecule has 2 aliphatic rings. The van der Waals surface area contributed by atoms with Gasteiger partial charge in [0, 0.05) is 36.6 Å². The first-order valence-corrected chi connectivity index (χ1v) is 7.80. The molecule has 3 heteroatoms. The lowest BCUT2D eigenvalue weighted by molar-refractivity contribution is 0.269. The zero-order valence-corrected chi connectivity index (χ0v) is 12.0. The Hall–Kier alpha value is -1.32. The average molecular weight is 270 g/mol. The zero-order valence-electron chi connectivity index (χ0n) is 11.2. The maximum absolute atomic E-state index is 2.62. The monoisotopic (exact) mass is 270 g/mol. The molecule has 3 heterocycles. The van der Waals surface area contributed by atoms with Gasteiger partial charge in [0.05, 0.1) is 6.04 Å². The maximum atomic E-state index is 2.62. The highest BCUT2D eigenvalue weighted by Crippen LogP contribution is 2.40. The number of rotatable bonds is 0. The molecule has 0 spiro atoms. The highest BCUT2D eigenvalue weighted by molar-refractivity contribution is 7.10. The van der Waals surface area contributed by atoms with Crippen LogP contribution in [0.3, 0.4) is 0 Å². The normalized spacial score (nSPS) is 22.4. The highest BCUT2D eigenvalue weighted by Gasteiger charge is 2.32. The fourth-order valence-corrected chi connectivity index (χ4v) is 4.34. The van der Waals surface area contributed by atoms with Crippen molar-refractivity contribution in [2.75, 3.05) is 31.6 Å². The number of para-hydroxylation sites is 1. The molecule has 0 N–H and O–H groups in total. The van der Waals surface area contributed by atoms with Crippen LogP contribution >= 0.6 is 11.3 Å². The quantitative estimate of drug-likeness (QED) is 0.725. The van der Waals surface area contributed by atoms with Crippen LogP contribution in [0.2, 0.25) is 0 Å². The molecule has 1 fully saturated rings. The number of benzene rings is 1. The summed E-state index contributed by atoms with van der Waals surface area (Å²) in [4.78, 5) is 6.62. The van der Waals surface area contributed by atoms with Gasteiger partial charge in [0.15, 0.2) is 0 Å². The number of hydrogen-bond acceptors (Lipinski definition) is 3. The third-order valence-electron chi connectivity index (χ3n) is 4.37. The van der Waals surface area contributed by atoms with Crippen molar-refractivity contribution in [1.82, 2.24) is 4.90 Å². The largest absolute Gasteiger partial charge is 0.362 e. The van der Waals surface area contributed by atoms with Gasteiger partial charge in [-0.3, -0.25) is 0 Å². The Morgan fingerprint density at radius 1 is 1.16 bits per heavy atom. The third-order valence-corrected chi connectivity index (χ3v) is 5.31. The van der Waals surface area contributed by atoms with Gasteiger partial charge < -0.3 is 9.80 Å². The molecule has 1 atom stereocenters. The molecule has 19 heavy (non-hydrogen) atoms. The van der Waals surface area contributed by atoms with Gasteiger partial charge >= 0.3 is 0 Å². The van der Waals surface area contributed by atoms with E-state index in [0.717, 1.165) is 26.1 Å². The molecule has 0 unspecified atom stereocenters. The van der Waals surface area contributed by atoms with E-state index in [0.29, 0.717) is 6.04 Å². The third kappa shape index (κ3) is 1.80. The number of fused-ring (bicyclic) bond motifs is 5. The zero-order chi connectivity index (χ0) is 12.8. The number of anilines is 1. The van der Waals surface area contributed by atoms with E-state index in [4.69, 9.17) is 0 Å². The summed E-state index contributed by atoms with van der Waals surface area (Å²) in [6, 6.07) is 11.8. The van der Waals surface area contributed by atoms with E-state index in [2.05, 4.69) is 52.6 Å². The standard InChI is InChI=1S/C16H18N2S/c1-17-7-8-18-14-5-3-2-4-12(14)10-16-13(6-9-19-16)15(18)11-17/h2-6,9,15H,7-8,10-11H2,1H3/t15-/m0/s1. The van der Waals surface area contributed by atoms with Crippen LogP contribution < -0.4 is 4.90 Å². The summed E-state index contributed by atoms with van der Waals surface area (Å²) in [5.41, 5.74) is 4.48. The first-order chi connectivity index (χ1) is 9.33. The molecule has 0 aliphatic carbocycles. The molecule has 2 nitrogen and oxygen atoms in total. The van der Waals surface area contributed by atoms with Crippen molar-refractivity contribution < 1.29 is 0 Å². The predicted octanol–water partition coefficient (Wildman–Crippen LogP) is 3.15. The van der Waals surface area contributed by atoms with Crippen molar-refractivity contribution in [2.24, 2.45) is 0 Å². The molecular formula is C16H18N2S. The van der Waals surface area contributed by atoms with Crippen LogP contribution in [0.4, 0.5) is 5.69 Å². The predicted molar refractivity (Wildman–Crippen MR) is 81.2 cm³/mol. The molecule has 98 valence electrons. The molecule has 2 aliphatic heterocycles. The minimum atomic E-state index is 0.531. The Balaban J connectivity index is 1.89. The van der Waals surface area contributed by atoms with E-state index >= 15 is 0 Å². The summed E-state index contributed by atoms with van der Waals surface area (Å²) in [5, 5.41) is 2.26. The molecule has 0 bridgehead atoms. The van der Waals surface area contributed by atoms with E-state index in [1.54, 1.807) is 10.4 Å². The molecule has 4 rings (SSSR count). The van der Waals surface area contributed by atoms with E-state index in [-0.39, 0.29) is 0 Å². The van der Waals surface area contributed by atoms with Crippen molar-refractivity contribution in [3.05, 3.63) is 51.7 Å². The molecule has 0 amide bonds. The second-order valence-electron chi connectivity index (χ2n) is 5.58. The van der Waals surface area contributed by atoms with Gasteiger partial charge in [-0.15, -0.1) is 11.3 Å². The second-order valence-corrected chi connectivity index (χ2v) is 6.58. The smallest absolute Gasteiger partial charge is 0.0680 e. The van der Waals surface area contributed by atoms with Crippen molar-refractivity contribution in [1.29, 1.82) is 0 Å². The first kappa shape index (κ1) is 11.5. The first-order valence-electron chi connectivity index (χ1n) is 6.92. The molecule has 1 aromatic carbocycles. The van der Waals surface area contributed by atoms with Gasteiger partial charge in [-0.1, -0.05) is 18.2 Å². The Morgan fingerprint density at radius 3 is 3.00 bits per heavy atom. The summed E-state index contributed by atoms with van der Waals surface area (Å²) in [7, 11) is 2.24. The summed E-state index contributed by atoms with van der Waals surface area (Å²) >= 11 is 1.91. The lowest BCUT2D eigenvalue weighted by Gasteiger charge is -2.41. The maximum Gasteiger partial charge on any atom is 0.0680 e. The molecule has 1 aromatic heterocycles. The number of hydrogen-bond donors (Lipinski definition) is 0. The van der Waals surface area contributed by atoms with Gasteiger partial charge in [0.1, 0.15) is 0 Å². The van der Waals surface area contributed by atoms with Crippen LogP contribution in [0.25, 0.3) is 0 Å². The van der Waals surface area contributed by atoms with Crippen LogP contribution in [0, 0.1) is 0 Å². The number of thiophene rings is 1. The Bertz CT molecular complexity index is 604. The van der Waals surface area contributed by atoms with E-state index < -0.39 is 0 Å². The van der Waals surface area contributed by atoms with Crippen LogP contribution in [0.1, 0.15) is 22.0 Å². The van der Waals surface area contributed by atoms with Crippen LogP contribution in [-0.2, 0) is 6.42 Å². The van der Waals surface area contributed by atoms with E-state index in [1.165, 1.54) is 11.3 Å². The Labute approximate surface area is 118 Å². The lowest BCUT2D eigenvalue weighted by atomic mass is 10.0. The summed E-state index contributed by atoms with van der Waals surface area (Å²) in [5.74, 6) is 0. The fraction of sp³-hybridized carbons (Fsp3) is 0.375. The molecule has 1 saturated heterocycles. The van der Waals surface area contributed by atoms with Gasteiger partial charge in [0.25, 0.3) is 0 Å². The summed E-state index contributed by atoms with van der Waals surface area (Å²) < 4.78 is 0. The van der Waals surface area contributed by atoms with Crippen molar-refractivity contribution in [3.63, 3.8) is 0 Å². The second kappa shape index (κ2) is 4.36. The molecule has 2 aromatic rings. The van der Waals surface area contributed by atoms with Crippen LogP contribution in [-0.4, -0.2) is 31.6 Å². The molecular weight excluding hydrogens is 252 g/mol. The molecule has 0 radical (unpaired) electrons. The van der Waals surface area contributed by atoms with Crippen molar-refractivity contribution >= 4 is 17.0 Å². The fourth-order valence-electron chi connectivity index (χ4n) is 3.38. The van der Waals surface area contributed by atoms with Gasteiger partial charge in [0.2, 0.25) is 0 Å². The molecule has 0 saturated carbocycles. The lowest BCUT2D eigenvalue weighted by Crippen LogP contribution is -2.46. The topological polar surface area (TPSA) is 6.48 Å². The Kier molecular flexibility index (Phi) is 2.64. The van der Waals surface area contributed by atoms with E-state index in [9.17, 15) is 0 Å².